The SMILES string of the molecule is NC(SC1CCOC1=O)=[N+](c1ccccc1)c1ccccc1. The number of hydrogen-bond donors (Lipinski definition) is 1. The highest BCUT2D eigenvalue weighted by Crippen LogP contribution is 2.26. The van der Waals surface area contributed by atoms with Crippen LogP contribution in [0.15, 0.2) is 60.7 Å². The van der Waals surface area contributed by atoms with Gasteiger partial charge in [-0.2, -0.15) is 4.58 Å². The van der Waals surface area contributed by atoms with Crippen LogP contribution in [-0.4, -0.2) is 23.0 Å². The first-order valence-corrected chi connectivity index (χ1v) is 7.99. The zero-order chi connectivity index (χ0) is 15.4. The fourth-order valence-corrected chi connectivity index (χ4v) is 3.33. The van der Waals surface area contributed by atoms with E-state index in [1.807, 2.05) is 65.2 Å². The van der Waals surface area contributed by atoms with Crippen LogP contribution in [0.25, 0.3) is 0 Å². The molecule has 2 aromatic carbocycles. The van der Waals surface area contributed by atoms with Gasteiger partial charge in [-0.05, 0) is 36.0 Å². The molecule has 2 aromatic rings. The maximum absolute atomic E-state index is 11.7. The van der Waals surface area contributed by atoms with Gasteiger partial charge < -0.3 is 4.74 Å². The van der Waals surface area contributed by atoms with Gasteiger partial charge in [0.05, 0.1) is 6.61 Å². The first-order valence-electron chi connectivity index (χ1n) is 7.11. The quantitative estimate of drug-likeness (QED) is 0.410. The summed E-state index contributed by atoms with van der Waals surface area (Å²) in [6.45, 7) is 0.473. The lowest BCUT2D eigenvalue weighted by Crippen LogP contribution is -2.26. The summed E-state index contributed by atoms with van der Waals surface area (Å²) in [7, 11) is 0. The molecule has 0 radical (unpaired) electrons. The van der Waals surface area contributed by atoms with Crippen molar-refractivity contribution in [3.05, 3.63) is 60.7 Å². The Morgan fingerprint density at radius 1 is 1.05 bits per heavy atom. The van der Waals surface area contributed by atoms with Crippen molar-refractivity contribution in [1.29, 1.82) is 0 Å². The van der Waals surface area contributed by atoms with E-state index < -0.39 is 0 Å². The molecule has 0 amide bonds. The van der Waals surface area contributed by atoms with Crippen molar-refractivity contribution >= 4 is 34.3 Å². The summed E-state index contributed by atoms with van der Waals surface area (Å²) in [5.74, 6) is -0.186. The number of hydrogen-bond acceptors (Lipinski definition) is 3. The minimum atomic E-state index is -0.227. The molecule has 2 N–H and O–H groups in total. The second kappa shape index (κ2) is 6.66. The summed E-state index contributed by atoms with van der Waals surface area (Å²) in [5, 5.41) is 0.344. The number of carbonyl (C=O) groups is 1. The van der Waals surface area contributed by atoms with Crippen LogP contribution in [-0.2, 0) is 9.53 Å². The third-order valence-corrected chi connectivity index (χ3v) is 4.54. The van der Waals surface area contributed by atoms with Crippen molar-refractivity contribution in [1.82, 2.24) is 4.58 Å². The first kappa shape index (κ1) is 14.7. The van der Waals surface area contributed by atoms with E-state index in [-0.39, 0.29) is 11.2 Å². The lowest BCUT2D eigenvalue weighted by Gasteiger charge is -2.10. The molecule has 0 saturated carbocycles. The Morgan fingerprint density at radius 3 is 2.05 bits per heavy atom. The number of nitrogens with zero attached hydrogens (tertiary/aromatic N) is 1. The van der Waals surface area contributed by atoms with E-state index in [2.05, 4.69) is 0 Å². The van der Waals surface area contributed by atoms with Gasteiger partial charge in [0, 0.05) is 6.42 Å². The normalized spacial score (nSPS) is 17.1. The van der Waals surface area contributed by atoms with E-state index in [1.165, 1.54) is 11.8 Å². The molecule has 0 spiro atoms. The van der Waals surface area contributed by atoms with E-state index in [1.54, 1.807) is 0 Å². The van der Waals surface area contributed by atoms with Gasteiger partial charge in [0.15, 0.2) is 0 Å². The third kappa shape index (κ3) is 3.14. The van der Waals surface area contributed by atoms with E-state index in [9.17, 15) is 4.79 Å². The number of carbonyl (C=O) groups excluding carboxylic acids is 1. The molecule has 0 bridgehead atoms. The van der Waals surface area contributed by atoms with Gasteiger partial charge in [-0.25, -0.2) is 0 Å². The van der Waals surface area contributed by atoms with Crippen LogP contribution >= 0.6 is 11.8 Å². The van der Waals surface area contributed by atoms with Crippen LogP contribution in [0.5, 0.6) is 0 Å². The van der Waals surface area contributed by atoms with Crippen LogP contribution in [0.1, 0.15) is 6.42 Å². The highest BCUT2D eigenvalue weighted by Gasteiger charge is 2.31. The predicted octanol–water partition coefficient (Wildman–Crippen LogP) is 2.88. The van der Waals surface area contributed by atoms with Gasteiger partial charge in [0.2, 0.25) is 0 Å². The number of ether oxygens (including phenoxy) is 1. The minimum absolute atomic E-state index is 0.186. The van der Waals surface area contributed by atoms with Crippen molar-refractivity contribution in [2.75, 3.05) is 6.61 Å². The van der Waals surface area contributed by atoms with Gasteiger partial charge in [-0.3, -0.25) is 10.5 Å². The van der Waals surface area contributed by atoms with Gasteiger partial charge in [0.25, 0.3) is 0 Å². The standard InChI is InChI=1S/C17H16N2O2S/c18-17(22-15-11-12-21-16(15)20)19(13-7-3-1-4-8-13)14-9-5-2-6-10-14/h1-10,15,18H,11-12H2/p+1. The Hall–Kier alpha value is -2.27. The average molecular weight is 313 g/mol. The van der Waals surface area contributed by atoms with Gasteiger partial charge >= 0.3 is 11.1 Å². The monoisotopic (exact) mass is 313 g/mol. The molecule has 1 aliphatic heterocycles. The minimum Gasteiger partial charge on any atom is -0.465 e. The molecule has 3 rings (SSSR count). The Balaban J connectivity index is 2.01. The second-order valence-corrected chi connectivity index (χ2v) is 6.13. The molecule has 112 valence electrons. The number of thioether (sulfide) groups is 1. The van der Waals surface area contributed by atoms with Crippen LogP contribution in [0.4, 0.5) is 11.4 Å². The van der Waals surface area contributed by atoms with Gasteiger partial charge in [0.1, 0.15) is 16.6 Å². The van der Waals surface area contributed by atoms with Crippen LogP contribution in [0.2, 0.25) is 0 Å². The smallest absolute Gasteiger partial charge is 0.319 e. The van der Waals surface area contributed by atoms with Gasteiger partial charge in [-0.1, -0.05) is 36.4 Å². The summed E-state index contributed by atoms with van der Waals surface area (Å²) < 4.78 is 6.96. The average Bonchev–Trinajstić information content (AvgIpc) is 2.95. The Morgan fingerprint density at radius 2 is 1.59 bits per heavy atom. The third-order valence-electron chi connectivity index (χ3n) is 3.40. The highest BCUT2D eigenvalue weighted by molar-refractivity contribution is 8.14. The van der Waals surface area contributed by atoms with E-state index in [0.29, 0.717) is 18.2 Å². The van der Waals surface area contributed by atoms with Crippen molar-refractivity contribution in [3.63, 3.8) is 0 Å². The van der Waals surface area contributed by atoms with Crippen molar-refractivity contribution in [3.8, 4) is 0 Å². The Labute approximate surface area is 133 Å². The molecule has 1 unspecified atom stereocenters. The van der Waals surface area contributed by atoms with Crippen molar-refractivity contribution in [2.24, 2.45) is 5.73 Å². The molecule has 4 nitrogen and oxygen atoms in total. The summed E-state index contributed by atoms with van der Waals surface area (Å²) in [5.41, 5.74) is 8.25. The highest BCUT2D eigenvalue weighted by atomic mass is 32.2. The number of amidine groups is 1. The number of rotatable bonds is 3. The fourth-order valence-electron chi connectivity index (χ4n) is 2.34. The fraction of sp³-hybridized carbons (Fsp3) is 0.176. The molecule has 1 atom stereocenters. The van der Waals surface area contributed by atoms with Crippen molar-refractivity contribution in [2.45, 2.75) is 11.7 Å². The molecule has 1 aliphatic rings. The summed E-state index contributed by atoms with van der Waals surface area (Å²) >= 11 is 1.36. The second-order valence-electron chi connectivity index (χ2n) is 4.91. The topological polar surface area (TPSA) is 55.3 Å². The van der Waals surface area contributed by atoms with E-state index >= 15 is 0 Å². The molecule has 0 aliphatic carbocycles. The van der Waals surface area contributed by atoms with Crippen molar-refractivity contribution < 1.29 is 9.53 Å². The van der Waals surface area contributed by atoms with Crippen LogP contribution in [0.3, 0.4) is 0 Å². The number of cyclic esters (lactones) is 1. The zero-order valence-electron chi connectivity index (χ0n) is 12.0. The number of esters is 1. The maximum atomic E-state index is 11.7. The molecule has 22 heavy (non-hydrogen) atoms. The van der Waals surface area contributed by atoms with Crippen LogP contribution in [0, 0.1) is 0 Å². The molecular formula is C17H17N2O2S+. The molecule has 1 heterocycles. The maximum Gasteiger partial charge on any atom is 0.319 e. The number of benzene rings is 2. The molecular weight excluding hydrogens is 296 g/mol. The molecule has 5 heteroatoms. The largest absolute Gasteiger partial charge is 0.465 e. The Bertz CT molecular complexity index is 645. The lowest BCUT2D eigenvalue weighted by atomic mass is 10.2. The van der Waals surface area contributed by atoms with Crippen LogP contribution < -0.4 is 10.3 Å². The van der Waals surface area contributed by atoms with Gasteiger partial charge in [-0.15, -0.1) is 0 Å². The summed E-state index contributed by atoms with van der Waals surface area (Å²) in [6.07, 6.45) is 0.696. The number of nitrogens with two attached hydrogens (primary N) is 1. The molecule has 1 saturated heterocycles. The molecule has 1 fully saturated rings. The zero-order valence-corrected chi connectivity index (χ0v) is 12.8. The first-order chi connectivity index (χ1) is 10.8. The summed E-state index contributed by atoms with van der Waals surface area (Å²) in [4.78, 5) is 11.7. The summed E-state index contributed by atoms with van der Waals surface area (Å²) in [6, 6.07) is 19.8. The molecule has 0 aromatic heterocycles. The Kier molecular flexibility index (Phi) is 4.44. The van der Waals surface area contributed by atoms with E-state index in [4.69, 9.17) is 10.5 Å². The lowest BCUT2D eigenvalue weighted by molar-refractivity contribution is -0.137. The van der Waals surface area contributed by atoms with E-state index in [0.717, 1.165) is 11.4 Å². The number of para-hydroxylation sites is 2. The predicted molar refractivity (Wildman–Crippen MR) is 90.5 cm³/mol.